The second-order valence-corrected chi connectivity index (χ2v) is 9.39. The zero-order valence-corrected chi connectivity index (χ0v) is 15.4. The van der Waals surface area contributed by atoms with Gasteiger partial charge in [-0.2, -0.15) is 0 Å². The van der Waals surface area contributed by atoms with E-state index >= 15 is 0 Å². The fraction of sp³-hybridized carbons (Fsp3) is 1.00. The van der Waals surface area contributed by atoms with Gasteiger partial charge in [-0.1, -0.05) is 27.2 Å². The van der Waals surface area contributed by atoms with Crippen molar-refractivity contribution in [3.8, 4) is 0 Å². The van der Waals surface area contributed by atoms with Gasteiger partial charge in [0.1, 0.15) is 6.10 Å². The van der Waals surface area contributed by atoms with E-state index in [1.54, 1.807) is 0 Å². The summed E-state index contributed by atoms with van der Waals surface area (Å²) < 4.78 is 23.5. The average Bonchev–Trinajstić information content (AvgIpc) is 3.31. The molecular weight excluding hydrogens is 284 g/mol. The second kappa shape index (κ2) is 10.7. The average molecular weight is 319 g/mol. The van der Waals surface area contributed by atoms with Crippen molar-refractivity contribution < 1.29 is 18.3 Å². The van der Waals surface area contributed by atoms with Crippen LogP contribution in [0, 0.1) is 0 Å². The Kier molecular flexibility index (Phi) is 9.76. The maximum absolute atomic E-state index is 6.25. The van der Waals surface area contributed by atoms with Crippen molar-refractivity contribution in [2.75, 3.05) is 26.4 Å². The number of epoxide rings is 1. The molecule has 0 aliphatic carbocycles. The Labute approximate surface area is 131 Å². The number of ether oxygens (including phenoxy) is 2. The van der Waals surface area contributed by atoms with Gasteiger partial charge in [-0.3, -0.25) is 0 Å². The van der Waals surface area contributed by atoms with E-state index in [2.05, 4.69) is 27.7 Å². The van der Waals surface area contributed by atoms with E-state index in [-0.39, 0.29) is 6.10 Å². The van der Waals surface area contributed by atoms with E-state index < -0.39 is 8.56 Å². The summed E-state index contributed by atoms with van der Waals surface area (Å²) in [6, 6.07) is 2.12. The Balaban J connectivity index is 2.42. The highest BCUT2D eigenvalue weighted by atomic mass is 28.4. The summed E-state index contributed by atoms with van der Waals surface area (Å²) in [4.78, 5) is 0. The third-order valence-electron chi connectivity index (χ3n) is 3.67. The van der Waals surface area contributed by atoms with Gasteiger partial charge >= 0.3 is 8.56 Å². The number of hydrogen-bond acceptors (Lipinski definition) is 4. The third kappa shape index (κ3) is 8.31. The van der Waals surface area contributed by atoms with E-state index in [1.807, 2.05) is 0 Å². The van der Waals surface area contributed by atoms with Crippen molar-refractivity contribution in [2.24, 2.45) is 0 Å². The lowest BCUT2D eigenvalue weighted by Crippen LogP contribution is -2.43. The van der Waals surface area contributed by atoms with Crippen LogP contribution >= 0.6 is 0 Å². The Hall–Kier alpha value is 0.0569. The SMILES string of the molecule is CCCO[Si](CCC)(CCC(C)OCC1CO1)OCCC. The fourth-order valence-corrected chi connectivity index (χ4v) is 6.03. The van der Waals surface area contributed by atoms with Crippen LogP contribution in [0.3, 0.4) is 0 Å². The molecule has 0 saturated carbocycles. The van der Waals surface area contributed by atoms with Crippen LogP contribution in [-0.4, -0.2) is 47.2 Å². The van der Waals surface area contributed by atoms with E-state index in [0.717, 1.165) is 64.2 Å². The van der Waals surface area contributed by atoms with Crippen LogP contribution in [-0.2, 0) is 18.3 Å². The van der Waals surface area contributed by atoms with Gasteiger partial charge in [0.15, 0.2) is 0 Å². The minimum atomic E-state index is -2.05. The molecule has 0 bridgehead atoms. The van der Waals surface area contributed by atoms with E-state index in [4.69, 9.17) is 18.3 Å². The smallest absolute Gasteiger partial charge is 0.338 e. The normalized spacial score (nSPS) is 19.7. The molecule has 21 heavy (non-hydrogen) atoms. The molecule has 0 aromatic rings. The molecule has 2 atom stereocenters. The molecule has 0 aromatic carbocycles. The van der Waals surface area contributed by atoms with Crippen LogP contribution in [0.1, 0.15) is 53.4 Å². The first-order chi connectivity index (χ1) is 10.2. The van der Waals surface area contributed by atoms with Gasteiger partial charge in [-0.15, -0.1) is 0 Å². The third-order valence-corrected chi connectivity index (χ3v) is 7.44. The highest BCUT2D eigenvalue weighted by Crippen LogP contribution is 2.25. The molecule has 0 N–H and O–H groups in total. The molecule has 2 unspecified atom stereocenters. The predicted octanol–water partition coefficient (Wildman–Crippen LogP) is 3.89. The van der Waals surface area contributed by atoms with Crippen LogP contribution in [0.2, 0.25) is 12.1 Å². The van der Waals surface area contributed by atoms with Crippen molar-refractivity contribution in [1.82, 2.24) is 0 Å². The number of rotatable bonds is 14. The van der Waals surface area contributed by atoms with Gasteiger partial charge in [-0.05, 0) is 38.3 Å². The van der Waals surface area contributed by atoms with Gasteiger partial charge in [-0.25, -0.2) is 0 Å². The molecule has 126 valence electrons. The molecule has 1 fully saturated rings. The molecular formula is C16H34O4Si. The second-order valence-electron chi connectivity index (χ2n) is 6.00. The van der Waals surface area contributed by atoms with Gasteiger partial charge in [0.05, 0.1) is 19.3 Å². The summed E-state index contributed by atoms with van der Waals surface area (Å²) in [7, 11) is -2.05. The molecule has 1 saturated heterocycles. The molecule has 5 heteroatoms. The molecule has 0 spiro atoms. The predicted molar refractivity (Wildman–Crippen MR) is 87.9 cm³/mol. The van der Waals surface area contributed by atoms with Crippen LogP contribution in [0.5, 0.6) is 0 Å². The van der Waals surface area contributed by atoms with Crippen molar-refractivity contribution in [3.05, 3.63) is 0 Å². The van der Waals surface area contributed by atoms with Gasteiger partial charge in [0.25, 0.3) is 0 Å². The summed E-state index contributed by atoms with van der Waals surface area (Å²) in [6.45, 7) is 11.9. The highest BCUT2D eigenvalue weighted by molar-refractivity contribution is 6.67. The largest absolute Gasteiger partial charge is 0.394 e. The lowest BCUT2D eigenvalue weighted by Gasteiger charge is -2.31. The number of hydrogen-bond donors (Lipinski definition) is 0. The van der Waals surface area contributed by atoms with Crippen LogP contribution in [0.25, 0.3) is 0 Å². The first-order valence-electron chi connectivity index (χ1n) is 8.66. The first kappa shape index (κ1) is 19.1. The summed E-state index contributed by atoms with van der Waals surface area (Å²) in [5.74, 6) is 0. The lowest BCUT2D eigenvalue weighted by atomic mass is 10.3. The van der Waals surface area contributed by atoms with Gasteiger partial charge in [0.2, 0.25) is 0 Å². The maximum atomic E-state index is 6.25. The molecule has 0 amide bonds. The monoisotopic (exact) mass is 318 g/mol. The lowest BCUT2D eigenvalue weighted by molar-refractivity contribution is 0.0493. The van der Waals surface area contributed by atoms with Crippen molar-refractivity contribution >= 4 is 8.56 Å². The van der Waals surface area contributed by atoms with Crippen LogP contribution in [0.4, 0.5) is 0 Å². The van der Waals surface area contributed by atoms with E-state index in [1.165, 1.54) is 0 Å². The molecule has 0 radical (unpaired) electrons. The summed E-state index contributed by atoms with van der Waals surface area (Å²) >= 11 is 0. The Bertz CT molecular complexity index is 251. The quantitative estimate of drug-likeness (QED) is 0.360. The van der Waals surface area contributed by atoms with Crippen molar-refractivity contribution in [2.45, 2.75) is 77.7 Å². The molecule has 1 aliphatic rings. The van der Waals surface area contributed by atoms with Crippen LogP contribution < -0.4 is 0 Å². The highest BCUT2D eigenvalue weighted by Gasteiger charge is 2.36. The van der Waals surface area contributed by atoms with Crippen molar-refractivity contribution in [1.29, 1.82) is 0 Å². The minimum absolute atomic E-state index is 0.258. The fourth-order valence-electron chi connectivity index (χ4n) is 2.35. The molecule has 4 nitrogen and oxygen atoms in total. The van der Waals surface area contributed by atoms with Crippen LogP contribution in [0.15, 0.2) is 0 Å². The maximum Gasteiger partial charge on any atom is 0.338 e. The zero-order valence-electron chi connectivity index (χ0n) is 14.4. The topological polar surface area (TPSA) is 40.2 Å². The molecule has 1 heterocycles. The zero-order chi connectivity index (χ0) is 15.6. The standard InChI is InChI=1S/C16H34O4Si/c1-5-9-19-21(11-7-3,20-10-6-2)12-8-15(4)17-13-16-14-18-16/h15-16H,5-14H2,1-4H3. The van der Waals surface area contributed by atoms with Gasteiger partial charge in [0, 0.05) is 13.2 Å². The Morgan fingerprint density at radius 1 is 1.05 bits per heavy atom. The van der Waals surface area contributed by atoms with E-state index in [0.29, 0.717) is 6.10 Å². The summed E-state index contributed by atoms with van der Waals surface area (Å²) in [5.41, 5.74) is 0. The van der Waals surface area contributed by atoms with Crippen molar-refractivity contribution in [3.63, 3.8) is 0 Å². The van der Waals surface area contributed by atoms with Gasteiger partial charge < -0.3 is 18.3 Å². The summed E-state index contributed by atoms with van der Waals surface area (Å²) in [6.07, 6.45) is 4.86. The first-order valence-corrected chi connectivity index (χ1v) is 10.9. The Morgan fingerprint density at radius 2 is 1.67 bits per heavy atom. The molecule has 1 aliphatic heterocycles. The molecule has 0 aromatic heterocycles. The van der Waals surface area contributed by atoms with E-state index in [9.17, 15) is 0 Å². The minimum Gasteiger partial charge on any atom is -0.394 e. The summed E-state index contributed by atoms with van der Waals surface area (Å²) in [5, 5.41) is 0. The Morgan fingerprint density at radius 3 is 2.14 bits per heavy atom. The molecule has 1 rings (SSSR count).